The van der Waals surface area contributed by atoms with Crippen molar-refractivity contribution in [2.75, 3.05) is 5.32 Å². The zero-order valence-corrected chi connectivity index (χ0v) is 12.4. The number of hydrogen-bond acceptors (Lipinski definition) is 3. The molecule has 0 heterocycles. The number of nitrogens with two attached hydrogens (primary N) is 1. The Hall–Kier alpha value is -1.11. The maximum Gasteiger partial charge on any atom is 0.239 e. The van der Waals surface area contributed by atoms with Crippen LogP contribution in [0, 0.1) is 5.92 Å². The Labute approximate surface area is 118 Å². The van der Waals surface area contributed by atoms with Gasteiger partial charge >= 0.3 is 0 Å². The topological polar surface area (TPSA) is 89.3 Å². The molecule has 1 atom stereocenters. The summed E-state index contributed by atoms with van der Waals surface area (Å²) in [6.07, 6.45) is 1.32. The second-order valence-corrected chi connectivity index (χ2v) is 6.39. The van der Waals surface area contributed by atoms with Crippen LogP contribution in [0.15, 0.2) is 23.1 Å². The first-order valence-corrected chi connectivity index (χ1v) is 7.78. The smallest absolute Gasteiger partial charge is 0.239 e. The van der Waals surface area contributed by atoms with Gasteiger partial charge in [0.2, 0.25) is 15.9 Å². The van der Waals surface area contributed by atoms with E-state index in [1.165, 1.54) is 18.2 Å². The number of carbonyl (C=O) groups excluding carboxylic acids is 1. The van der Waals surface area contributed by atoms with Crippen LogP contribution in [0.4, 0.5) is 5.69 Å². The van der Waals surface area contributed by atoms with Crippen LogP contribution in [0.3, 0.4) is 0 Å². The molecular weight excluding hydrogens is 288 g/mol. The lowest BCUT2D eigenvalue weighted by atomic mass is 10.1. The Morgan fingerprint density at radius 3 is 2.58 bits per heavy atom. The van der Waals surface area contributed by atoms with E-state index in [9.17, 15) is 13.2 Å². The van der Waals surface area contributed by atoms with E-state index < -0.39 is 10.0 Å². The molecule has 0 aromatic heterocycles. The van der Waals surface area contributed by atoms with Gasteiger partial charge in [0.1, 0.15) is 4.90 Å². The van der Waals surface area contributed by atoms with E-state index in [-0.39, 0.29) is 15.8 Å². The second kappa shape index (κ2) is 6.36. The summed E-state index contributed by atoms with van der Waals surface area (Å²) in [5.74, 6) is 0.160. The highest BCUT2D eigenvalue weighted by Gasteiger charge is 2.14. The van der Waals surface area contributed by atoms with Gasteiger partial charge in [0.05, 0.1) is 5.02 Å². The molecule has 3 N–H and O–H groups in total. The normalized spacial score (nSPS) is 13.1. The van der Waals surface area contributed by atoms with Gasteiger partial charge in [-0.1, -0.05) is 31.9 Å². The third-order valence-electron chi connectivity index (χ3n) is 2.75. The molecule has 1 aromatic carbocycles. The molecule has 0 radical (unpaired) electrons. The fourth-order valence-electron chi connectivity index (χ4n) is 1.48. The van der Waals surface area contributed by atoms with Crippen molar-refractivity contribution in [3.05, 3.63) is 23.2 Å². The minimum absolute atomic E-state index is 0.0103. The van der Waals surface area contributed by atoms with Crippen LogP contribution in [0.25, 0.3) is 0 Å². The molecule has 106 valence electrons. The summed E-state index contributed by atoms with van der Waals surface area (Å²) in [4.78, 5) is 11.5. The van der Waals surface area contributed by atoms with Gasteiger partial charge in [-0.2, -0.15) is 0 Å². The van der Waals surface area contributed by atoms with Crippen LogP contribution in [0.5, 0.6) is 0 Å². The van der Waals surface area contributed by atoms with Gasteiger partial charge in [0, 0.05) is 12.1 Å². The summed E-state index contributed by atoms with van der Waals surface area (Å²) in [5.41, 5.74) is 0.450. The third-order valence-corrected chi connectivity index (χ3v) is 4.15. The number of primary sulfonamides is 1. The minimum atomic E-state index is -3.85. The van der Waals surface area contributed by atoms with Gasteiger partial charge in [-0.25, -0.2) is 13.6 Å². The highest BCUT2D eigenvalue weighted by Crippen LogP contribution is 2.24. The number of halogens is 1. The molecule has 0 spiro atoms. The summed E-state index contributed by atoms with van der Waals surface area (Å²) in [5, 5.41) is 7.65. The molecule has 0 saturated carbocycles. The SMILES string of the molecule is CCC(C)CC(=O)Nc1ccc(S(N)(=O)=O)c(Cl)c1. The van der Waals surface area contributed by atoms with E-state index >= 15 is 0 Å². The second-order valence-electron chi connectivity index (χ2n) is 4.46. The maximum atomic E-state index is 11.7. The zero-order chi connectivity index (χ0) is 14.6. The highest BCUT2D eigenvalue weighted by molar-refractivity contribution is 7.89. The lowest BCUT2D eigenvalue weighted by Gasteiger charge is -2.10. The molecule has 0 bridgehead atoms. The molecule has 19 heavy (non-hydrogen) atoms. The van der Waals surface area contributed by atoms with Crippen LogP contribution < -0.4 is 10.5 Å². The Bertz CT molecular complexity index is 572. The van der Waals surface area contributed by atoms with Gasteiger partial charge in [0.15, 0.2) is 0 Å². The summed E-state index contributed by atoms with van der Waals surface area (Å²) in [6.45, 7) is 3.99. The van der Waals surface area contributed by atoms with Gasteiger partial charge in [-0.05, 0) is 24.1 Å². The fourth-order valence-corrected chi connectivity index (χ4v) is 2.57. The molecule has 0 saturated heterocycles. The summed E-state index contributed by atoms with van der Waals surface area (Å²) >= 11 is 5.82. The molecule has 0 aliphatic heterocycles. The van der Waals surface area contributed by atoms with Crippen molar-refractivity contribution in [3.63, 3.8) is 0 Å². The number of hydrogen-bond donors (Lipinski definition) is 2. The van der Waals surface area contributed by atoms with E-state index in [1.54, 1.807) is 0 Å². The lowest BCUT2D eigenvalue weighted by Crippen LogP contribution is -2.16. The number of rotatable bonds is 5. The Kier molecular flexibility index (Phi) is 5.34. The van der Waals surface area contributed by atoms with Crippen LogP contribution in [-0.2, 0) is 14.8 Å². The minimum Gasteiger partial charge on any atom is -0.326 e. The molecule has 1 unspecified atom stereocenters. The first-order chi connectivity index (χ1) is 8.74. The Morgan fingerprint density at radius 1 is 1.47 bits per heavy atom. The van der Waals surface area contributed by atoms with Gasteiger partial charge in [-0.15, -0.1) is 0 Å². The van der Waals surface area contributed by atoms with E-state index in [2.05, 4.69) is 5.32 Å². The molecule has 1 rings (SSSR count). The standard InChI is InChI=1S/C12H17ClN2O3S/c1-3-8(2)6-12(16)15-9-4-5-11(10(13)7-9)19(14,17)18/h4-5,7-8H,3,6H2,1-2H3,(H,15,16)(H2,14,17,18). The highest BCUT2D eigenvalue weighted by atomic mass is 35.5. The van der Waals surface area contributed by atoms with Crippen molar-refractivity contribution in [1.29, 1.82) is 0 Å². The van der Waals surface area contributed by atoms with E-state index in [0.717, 1.165) is 6.42 Å². The van der Waals surface area contributed by atoms with Crippen LogP contribution in [-0.4, -0.2) is 14.3 Å². The van der Waals surface area contributed by atoms with Crippen LogP contribution in [0.1, 0.15) is 26.7 Å². The quantitative estimate of drug-likeness (QED) is 0.875. The number of anilines is 1. The number of benzene rings is 1. The molecule has 0 fully saturated rings. The number of sulfonamides is 1. The van der Waals surface area contributed by atoms with Crippen molar-refractivity contribution < 1.29 is 13.2 Å². The summed E-state index contributed by atoms with van der Waals surface area (Å²) < 4.78 is 22.4. The van der Waals surface area contributed by atoms with Gasteiger partial charge < -0.3 is 5.32 Å². The molecular formula is C12H17ClN2O3S. The van der Waals surface area contributed by atoms with Gasteiger partial charge in [-0.3, -0.25) is 4.79 Å². The predicted molar refractivity (Wildman–Crippen MR) is 75.5 cm³/mol. The largest absolute Gasteiger partial charge is 0.326 e. The van der Waals surface area contributed by atoms with Crippen LogP contribution in [0.2, 0.25) is 5.02 Å². The van der Waals surface area contributed by atoms with Crippen molar-refractivity contribution in [2.45, 2.75) is 31.6 Å². The first-order valence-electron chi connectivity index (χ1n) is 5.86. The average Bonchev–Trinajstić information content (AvgIpc) is 2.26. The Balaban J connectivity index is 2.83. The molecule has 0 aliphatic carbocycles. The molecule has 1 aromatic rings. The Morgan fingerprint density at radius 2 is 2.11 bits per heavy atom. The van der Waals surface area contributed by atoms with Crippen molar-refractivity contribution >= 4 is 33.2 Å². The first kappa shape index (κ1) is 15.9. The third kappa shape index (κ3) is 4.81. The van der Waals surface area contributed by atoms with Crippen LogP contribution >= 0.6 is 11.6 Å². The lowest BCUT2D eigenvalue weighted by molar-refractivity contribution is -0.117. The van der Waals surface area contributed by atoms with E-state index in [1.807, 2.05) is 13.8 Å². The molecule has 7 heteroatoms. The monoisotopic (exact) mass is 304 g/mol. The number of carbonyl (C=O) groups is 1. The molecule has 0 aliphatic rings. The van der Waals surface area contributed by atoms with E-state index in [4.69, 9.17) is 16.7 Å². The predicted octanol–water partition coefficient (Wildman–Crippen LogP) is 2.36. The molecule has 1 amide bonds. The van der Waals surface area contributed by atoms with Crippen molar-refractivity contribution in [2.24, 2.45) is 11.1 Å². The van der Waals surface area contributed by atoms with Crippen molar-refractivity contribution in [3.8, 4) is 0 Å². The van der Waals surface area contributed by atoms with Crippen molar-refractivity contribution in [1.82, 2.24) is 0 Å². The van der Waals surface area contributed by atoms with Gasteiger partial charge in [0.25, 0.3) is 0 Å². The number of nitrogens with one attached hydrogen (secondary N) is 1. The summed E-state index contributed by atoms with van der Waals surface area (Å²) in [6, 6.07) is 4.10. The summed E-state index contributed by atoms with van der Waals surface area (Å²) in [7, 11) is -3.85. The van der Waals surface area contributed by atoms with E-state index in [0.29, 0.717) is 18.0 Å². The fraction of sp³-hybridized carbons (Fsp3) is 0.417. The maximum absolute atomic E-state index is 11.7. The average molecular weight is 305 g/mol. The number of amides is 1. The zero-order valence-electron chi connectivity index (χ0n) is 10.8. The molecule has 5 nitrogen and oxygen atoms in total.